The van der Waals surface area contributed by atoms with E-state index >= 15 is 0 Å². The lowest BCUT2D eigenvalue weighted by Gasteiger charge is -2.07. The summed E-state index contributed by atoms with van der Waals surface area (Å²) in [6, 6.07) is 18.7. The third kappa shape index (κ3) is 4.83. The number of nitrogens with zero attached hydrogens (tertiary/aromatic N) is 1. The minimum atomic E-state index is -3.56. The molecule has 8 nitrogen and oxygen atoms in total. The maximum Gasteiger partial charge on any atom is 0.287 e. The largest absolute Gasteiger partial charge is 0.287 e. The number of hydrogen-bond donors (Lipinski definition) is 3. The summed E-state index contributed by atoms with van der Waals surface area (Å²) in [6.07, 6.45) is -0.282. The molecule has 0 spiro atoms. The summed E-state index contributed by atoms with van der Waals surface area (Å²) >= 11 is 0. The van der Waals surface area contributed by atoms with Crippen molar-refractivity contribution in [3.63, 3.8) is 0 Å². The van der Waals surface area contributed by atoms with Crippen molar-refractivity contribution in [2.75, 3.05) is 5.75 Å². The van der Waals surface area contributed by atoms with Crippen molar-refractivity contribution in [1.82, 2.24) is 21.0 Å². The monoisotopic (exact) mass is 398 g/mol. The number of H-pyrrole nitrogens is 1. The second-order valence-electron chi connectivity index (χ2n) is 5.92. The Hall–Kier alpha value is -3.46. The number of amides is 2. The predicted octanol–water partition coefficient (Wildman–Crippen LogP) is 1.70. The first-order valence-corrected chi connectivity index (χ1v) is 10.1. The molecule has 0 fully saturated rings. The zero-order valence-corrected chi connectivity index (χ0v) is 15.6. The van der Waals surface area contributed by atoms with Gasteiger partial charge in [-0.1, -0.05) is 48.5 Å². The first-order valence-electron chi connectivity index (χ1n) is 8.43. The van der Waals surface area contributed by atoms with Crippen LogP contribution in [-0.4, -0.2) is 36.2 Å². The molecule has 0 saturated heterocycles. The van der Waals surface area contributed by atoms with E-state index in [-0.39, 0.29) is 22.8 Å². The molecule has 28 heavy (non-hydrogen) atoms. The fraction of sp³-hybridized carbons (Fsp3) is 0.105. The lowest BCUT2D eigenvalue weighted by atomic mass is 10.1. The predicted molar refractivity (Wildman–Crippen MR) is 103 cm³/mol. The van der Waals surface area contributed by atoms with Gasteiger partial charge in [-0.25, -0.2) is 8.42 Å². The van der Waals surface area contributed by atoms with Gasteiger partial charge in [0.1, 0.15) is 5.69 Å². The Balaban J connectivity index is 1.51. The maximum absolute atomic E-state index is 12.2. The van der Waals surface area contributed by atoms with E-state index in [0.717, 1.165) is 5.56 Å². The van der Waals surface area contributed by atoms with Gasteiger partial charge in [0, 0.05) is 12.0 Å². The Morgan fingerprint density at radius 3 is 2.25 bits per heavy atom. The van der Waals surface area contributed by atoms with Crippen molar-refractivity contribution in [3.8, 4) is 11.3 Å². The Kier molecular flexibility index (Phi) is 5.85. The Labute approximate surface area is 161 Å². The number of benzene rings is 2. The Bertz CT molecular complexity index is 1060. The molecule has 0 saturated carbocycles. The lowest BCUT2D eigenvalue weighted by Crippen LogP contribution is -2.42. The molecule has 0 aliphatic heterocycles. The summed E-state index contributed by atoms with van der Waals surface area (Å²) in [5, 5.41) is 6.66. The average molecular weight is 398 g/mol. The summed E-state index contributed by atoms with van der Waals surface area (Å²) in [5.74, 6) is -1.56. The van der Waals surface area contributed by atoms with Gasteiger partial charge in [0.15, 0.2) is 9.84 Å². The Morgan fingerprint density at radius 1 is 0.929 bits per heavy atom. The number of aromatic nitrogens is 2. The molecule has 0 bridgehead atoms. The molecule has 0 atom stereocenters. The summed E-state index contributed by atoms with van der Waals surface area (Å²) in [6.45, 7) is 0. The minimum Gasteiger partial charge on any atom is -0.273 e. The number of carbonyl (C=O) groups excluding carboxylic acids is 2. The van der Waals surface area contributed by atoms with Crippen LogP contribution >= 0.6 is 0 Å². The van der Waals surface area contributed by atoms with E-state index < -0.39 is 21.7 Å². The highest BCUT2D eigenvalue weighted by molar-refractivity contribution is 7.91. The third-order valence-corrected chi connectivity index (χ3v) is 5.64. The summed E-state index contributed by atoms with van der Waals surface area (Å²) in [7, 11) is -3.56. The number of hydrogen-bond acceptors (Lipinski definition) is 5. The standard InChI is InChI=1S/C19H18N4O4S/c24-18(11-12-28(26,27)15-9-5-2-6-10-15)22-23-19(25)17-13-16(20-21-17)14-7-3-1-4-8-14/h1-10,13H,11-12H2,(H,20,21)(H,22,24)(H,23,25). The molecule has 0 aliphatic carbocycles. The molecule has 0 aliphatic rings. The molecular formula is C19H18N4O4S. The SMILES string of the molecule is O=C(CCS(=O)(=O)c1ccccc1)NNC(=O)c1cc(-c2ccccc2)n[nH]1. The summed E-state index contributed by atoms with van der Waals surface area (Å²) in [4.78, 5) is 24.1. The zero-order valence-electron chi connectivity index (χ0n) is 14.8. The molecule has 9 heteroatoms. The number of hydrazine groups is 1. The van der Waals surface area contributed by atoms with E-state index in [1.165, 1.54) is 12.1 Å². The smallest absolute Gasteiger partial charge is 0.273 e. The number of carbonyl (C=O) groups is 2. The molecular weight excluding hydrogens is 380 g/mol. The van der Waals surface area contributed by atoms with Crippen molar-refractivity contribution in [1.29, 1.82) is 0 Å². The second kappa shape index (κ2) is 8.49. The quantitative estimate of drug-likeness (QED) is 0.546. The average Bonchev–Trinajstić information content (AvgIpc) is 3.22. The maximum atomic E-state index is 12.2. The van der Waals surface area contributed by atoms with E-state index in [1.807, 2.05) is 30.3 Å². The number of rotatable bonds is 6. The molecule has 144 valence electrons. The van der Waals surface area contributed by atoms with Gasteiger partial charge in [0.25, 0.3) is 5.91 Å². The molecule has 1 heterocycles. The molecule has 0 unspecified atom stereocenters. The van der Waals surface area contributed by atoms with E-state index in [9.17, 15) is 18.0 Å². The van der Waals surface area contributed by atoms with Crippen LogP contribution in [0, 0.1) is 0 Å². The normalized spacial score (nSPS) is 11.0. The van der Waals surface area contributed by atoms with Crippen LogP contribution in [0.2, 0.25) is 0 Å². The molecule has 1 aromatic heterocycles. The van der Waals surface area contributed by atoms with Crippen LogP contribution in [0.15, 0.2) is 71.6 Å². The van der Waals surface area contributed by atoms with Gasteiger partial charge in [-0.15, -0.1) is 0 Å². The van der Waals surface area contributed by atoms with E-state index in [0.29, 0.717) is 5.69 Å². The number of aromatic amines is 1. The van der Waals surface area contributed by atoms with Gasteiger partial charge >= 0.3 is 0 Å². The van der Waals surface area contributed by atoms with Crippen LogP contribution in [0.3, 0.4) is 0 Å². The van der Waals surface area contributed by atoms with Crippen LogP contribution < -0.4 is 10.9 Å². The molecule has 3 aromatic rings. The van der Waals surface area contributed by atoms with Crippen LogP contribution in [0.5, 0.6) is 0 Å². The topological polar surface area (TPSA) is 121 Å². The van der Waals surface area contributed by atoms with Crippen molar-refractivity contribution in [3.05, 3.63) is 72.4 Å². The van der Waals surface area contributed by atoms with E-state index in [4.69, 9.17) is 0 Å². The highest BCUT2D eigenvalue weighted by Crippen LogP contribution is 2.16. The van der Waals surface area contributed by atoms with Crippen molar-refractivity contribution >= 4 is 21.7 Å². The lowest BCUT2D eigenvalue weighted by molar-refractivity contribution is -0.121. The first kappa shape index (κ1) is 19.3. The summed E-state index contributed by atoms with van der Waals surface area (Å²) in [5.41, 5.74) is 6.03. The van der Waals surface area contributed by atoms with Gasteiger partial charge < -0.3 is 0 Å². The number of nitrogens with one attached hydrogen (secondary N) is 3. The molecule has 2 amide bonds. The van der Waals surface area contributed by atoms with Crippen LogP contribution in [0.25, 0.3) is 11.3 Å². The fourth-order valence-corrected chi connectivity index (χ4v) is 3.69. The highest BCUT2D eigenvalue weighted by atomic mass is 32.2. The van der Waals surface area contributed by atoms with Crippen molar-refractivity contribution < 1.29 is 18.0 Å². The first-order chi connectivity index (χ1) is 13.5. The third-order valence-electron chi connectivity index (χ3n) is 3.91. The van der Waals surface area contributed by atoms with Crippen molar-refractivity contribution in [2.24, 2.45) is 0 Å². The molecule has 0 radical (unpaired) electrons. The second-order valence-corrected chi connectivity index (χ2v) is 8.03. The van der Waals surface area contributed by atoms with Gasteiger partial charge in [-0.3, -0.25) is 25.5 Å². The van der Waals surface area contributed by atoms with E-state index in [1.54, 1.807) is 24.3 Å². The van der Waals surface area contributed by atoms with Gasteiger partial charge in [-0.2, -0.15) is 5.10 Å². The van der Waals surface area contributed by atoms with Gasteiger partial charge in [0.05, 0.1) is 16.3 Å². The van der Waals surface area contributed by atoms with E-state index in [2.05, 4.69) is 21.0 Å². The van der Waals surface area contributed by atoms with Crippen LogP contribution in [0.1, 0.15) is 16.9 Å². The Morgan fingerprint density at radius 2 is 1.57 bits per heavy atom. The summed E-state index contributed by atoms with van der Waals surface area (Å²) < 4.78 is 24.3. The minimum absolute atomic E-state index is 0.151. The molecule has 2 aromatic carbocycles. The fourth-order valence-electron chi connectivity index (χ4n) is 2.42. The van der Waals surface area contributed by atoms with Crippen LogP contribution in [0.4, 0.5) is 0 Å². The van der Waals surface area contributed by atoms with Gasteiger partial charge in [-0.05, 0) is 18.2 Å². The van der Waals surface area contributed by atoms with Gasteiger partial charge in [0.2, 0.25) is 5.91 Å². The molecule has 3 N–H and O–H groups in total. The van der Waals surface area contributed by atoms with Crippen molar-refractivity contribution in [2.45, 2.75) is 11.3 Å². The number of sulfone groups is 1. The highest BCUT2D eigenvalue weighted by Gasteiger charge is 2.17. The molecule has 3 rings (SSSR count). The van der Waals surface area contributed by atoms with Crippen LogP contribution in [-0.2, 0) is 14.6 Å². The zero-order chi connectivity index (χ0) is 20.0.